The van der Waals surface area contributed by atoms with Gasteiger partial charge in [-0.25, -0.2) is 4.98 Å². The summed E-state index contributed by atoms with van der Waals surface area (Å²) < 4.78 is 0. The Morgan fingerprint density at radius 1 is 1.17 bits per heavy atom. The fourth-order valence-electron chi connectivity index (χ4n) is 3.29. The van der Waals surface area contributed by atoms with Gasteiger partial charge >= 0.3 is 0 Å². The maximum absolute atomic E-state index is 6.08. The Kier molecular flexibility index (Phi) is 9.45. The van der Waals surface area contributed by atoms with E-state index >= 15 is 0 Å². The fraction of sp³-hybridized carbons (Fsp3) is 0.429. The monoisotopic (exact) mass is 528 g/mol. The number of halogens is 2. The second-order valence-corrected chi connectivity index (χ2v) is 7.64. The number of aromatic nitrogens is 1. The number of hydrogen-bond donors (Lipinski definition) is 1. The molecule has 6 nitrogen and oxygen atoms in total. The molecule has 3 rings (SSSR count). The molecule has 1 aromatic heterocycles. The molecule has 1 aliphatic heterocycles. The highest BCUT2D eigenvalue weighted by molar-refractivity contribution is 14.0. The standard InChI is InChI=1S/C21H29ClN6.HI/c1-23-21(27(3)16-17-5-4-6-19(22)13-17)25-15-18-7-8-20(24-14-18)28-11-9-26(2)10-12-28;/h4-8,13-14H,9-12,15-16H2,1-3H3,(H,23,25);1H. The van der Waals surface area contributed by atoms with Gasteiger partial charge in [-0.15, -0.1) is 24.0 Å². The second-order valence-electron chi connectivity index (χ2n) is 7.20. The number of nitrogens with zero attached hydrogens (tertiary/aromatic N) is 5. The summed E-state index contributed by atoms with van der Waals surface area (Å²) in [6.45, 7) is 5.65. The number of hydrogen-bond acceptors (Lipinski definition) is 4. The van der Waals surface area contributed by atoms with Crippen molar-refractivity contribution in [3.05, 3.63) is 58.7 Å². The zero-order valence-corrected chi connectivity index (χ0v) is 20.4. The summed E-state index contributed by atoms with van der Waals surface area (Å²) in [6.07, 6.45) is 1.95. The number of likely N-dealkylation sites (N-methyl/N-ethyl adjacent to an activating group) is 1. The van der Waals surface area contributed by atoms with E-state index in [2.05, 4.69) is 55.2 Å². The third-order valence-electron chi connectivity index (χ3n) is 4.97. The van der Waals surface area contributed by atoms with Crippen molar-refractivity contribution in [2.75, 3.05) is 52.2 Å². The van der Waals surface area contributed by atoms with Crippen molar-refractivity contribution >= 4 is 47.4 Å². The van der Waals surface area contributed by atoms with Gasteiger partial charge in [0, 0.05) is 64.6 Å². The topological polar surface area (TPSA) is 47.0 Å². The Morgan fingerprint density at radius 2 is 1.93 bits per heavy atom. The van der Waals surface area contributed by atoms with Crippen LogP contribution in [0.25, 0.3) is 0 Å². The molecule has 1 fully saturated rings. The van der Waals surface area contributed by atoms with Crippen LogP contribution < -0.4 is 10.2 Å². The Labute approximate surface area is 196 Å². The van der Waals surface area contributed by atoms with Gasteiger partial charge in [-0.05, 0) is 36.4 Å². The van der Waals surface area contributed by atoms with Crippen LogP contribution in [-0.4, -0.2) is 68.1 Å². The molecule has 1 N–H and O–H groups in total. The molecule has 29 heavy (non-hydrogen) atoms. The van der Waals surface area contributed by atoms with E-state index < -0.39 is 0 Å². The van der Waals surface area contributed by atoms with Crippen LogP contribution in [0.4, 0.5) is 5.82 Å². The average molecular weight is 529 g/mol. The van der Waals surface area contributed by atoms with E-state index in [9.17, 15) is 0 Å². The van der Waals surface area contributed by atoms with Gasteiger partial charge in [0.15, 0.2) is 5.96 Å². The minimum Gasteiger partial charge on any atom is -0.354 e. The third-order valence-corrected chi connectivity index (χ3v) is 5.20. The highest BCUT2D eigenvalue weighted by Crippen LogP contribution is 2.14. The molecule has 0 aliphatic carbocycles. The summed E-state index contributed by atoms with van der Waals surface area (Å²) in [5.41, 5.74) is 2.28. The number of aliphatic imine (C=N–C) groups is 1. The summed E-state index contributed by atoms with van der Waals surface area (Å²) in [5.74, 6) is 1.89. The van der Waals surface area contributed by atoms with Gasteiger partial charge in [-0.2, -0.15) is 0 Å². The molecule has 1 aliphatic rings. The van der Waals surface area contributed by atoms with Gasteiger partial charge in [-0.1, -0.05) is 29.8 Å². The molecule has 0 spiro atoms. The molecular formula is C21H30ClIN6. The lowest BCUT2D eigenvalue weighted by Gasteiger charge is -2.33. The summed E-state index contributed by atoms with van der Waals surface area (Å²) >= 11 is 6.08. The van der Waals surface area contributed by atoms with Gasteiger partial charge < -0.3 is 20.0 Å². The molecule has 1 saturated heterocycles. The van der Waals surface area contributed by atoms with Crippen molar-refractivity contribution in [3.63, 3.8) is 0 Å². The molecule has 0 unspecified atom stereocenters. The predicted octanol–water partition coefficient (Wildman–Crippen LogP) is 3.31. The van der Waals surface area contributed by atoms with Crippen LogP contribution in [0.5, 0.6) is 0 Å². The Balaban J connectivity index is 0.00000300. The van der Waals surface area contributed by atoms with Gasteiger partial charge in [0.25, 0.3) is 0 Å². The zero-order chi connectivity index (χ0) is 19.9. The van der Waals surface area contributed by atoms with Crippen LogP contribution in [0.15, 0.2) is 47.6 Å². The van der Waals surface area contributed by atoms with E-state index in [-0.39, 0.29) is 24.0 Å². The lowest BCUT2D eigenvalue weighted by atomic mass is 10.2. The minimum absolute atomic E-state index is 0. The highest BCUT2D eigenvalue weighted by atomic mass is 127. The summed E-state index contributed by atoms with van der Waals surface area (Å²) in [7, 11) is 5.98. The summed E-state index contributed by atoms with van der Waals surface area (Å²) in [4.78, 5) is 15.8. The number of pyridine rings is 1. The predicted molar refractivity (Wildman–Crippen MR) is 132 cm³/mol. The van der Waals surface area contributed by atoms with Crippen LogP contribution in [-0.2, 0) is 13.1 Å². The number of piperazine rings is 1. The largest absolute Gasteiger partial charge is 0.354 e. The fourth-order valence-corrected chi connectivity index (χ4v) is 3.51. The van der Waals surface area contributed by atoms with Crippen molar-refractivity contribution in [2.24, 2.45) is 4.99 Å². The first-order chi connectivity index (χ1) is 13.5. The first-order valence-electron chi connectivity index (χ1n) is 9.60. The maximum Gasteiger partial charge on any atom is 0.193 e. The van der Waals surface area contributed by atoms with Crippen LogP contribution in [0.2, 0.25) is 5.02 Å². The molecular weight excluding hydrogens is 499 g/mol. The van der Waals surface area contributed by atoms with Crippen LogP contribution in [0, 0.1) is 0 Å². The minimum atomic E-state index is 0. The lowest BCUT2D eigenvalue weighted by molar-refractivity contribution is 0.312. The number of anilines is 1. The quantitative estimate of drug-likeness (QED) is 0.367. The van der Waals surface area contributed by atoms with Crippen molar-refractivity contribution < 1.29 is 0 Å². The normalized spacial score (nSPS) is 15.0. The van der Waals surface area contributed by atoms with E-state index in [1.54, 1.807) is 7.05 Å². The van der Waals surface area contributed by atoms with Gasteiger partial charge in [-0.3, -0.25) is 4.99 Å². The lowest BCUT2D eigenvalue weighted by Crippen LogP contribution is -2.44. The van der Waals surface area contributed by atoms with Crippen molar-refractivity contribution in [3.8, 4) is 0 Å². The van der Waals surface area contributed by atoms with E-state index in [4.69, 9.17) is 11.6 Å². The molecule has 0 amide bonds. The molecule has 1 aromatic carbocycles. The molecule has 0 radical (unpaired) electrons. The molecule has 0 bridgehead atoms. The van der Waals surface area contributed by atoms with E-state index in [0.717, 1.165) is 60.7 Å². The summed E-state index contributed by atoms with van der Waals surface area (Å²) in [5, 5.41) is 4.16. The highest BCUT2D eigenvalue weighted by Gasteiger charge is 2.15. The maximum atomic E-state index is 6.08. The molecule has 0 atom stereocenters. The van der Waals surface area contributed by atoms with Gasteiger partial charge in [0.2, 0.25) is 0 Å². The number of nitrogens with one attached hydrogen (secondary N) is 1. The van der Waals surface area contributed by atoms with Crippen LogP contribution in [0.1, 0.15) is 11.1 Å². The third kappa shape index (κ3) is 7.01. The first-order valence-corrected chi connectivity index (χ1v) is 9.97. The Bertz CT molecular complexity index is 790. The van der Waals surface area contributed by atoms with Gasteiger partial charge in [0.05, 0.1) is 0 Å². The molecule has 0 saturated carbocycles. The summed E-state index contributed by atoms with van der Waals surface area (Å²) in [6, 6.07) is 12.1. The van der Waals surface area contributed by atoms with Gasteiger partial charge in [0.1, 0.15) is 5.82 Å². The molecule has 2 aromatic rings. The van der Waals surface area contributed by atoms with Crippen molar-refractivity contribution in [1.82, 2.24) is 20.1 Å². The second kappa shape index (κ2) is 11.6. The number of benzene rings is 1. The zero-order valence-electron chi connectivity index (χ0n) is 17.3. The molecule has 8 heteroatoms. The Morgan fingerprint density at radius 3 is 2.55 bits per heavy atom. The van der Waals surface area contributed by atoms with E-state index in [0.29, 0.717) is 6.54 Å². The SMILES string of the molecule is CN=C(NCc1ccc(N2CCN(C)CC2)nc1)N(C)Cc1cccc(Cl)c1.I. The smallest absolute Gasteiger partial charge is 0.193 e. The van der Waals surface area contributed by atoms with E-state index in [1.165, 1.54) is 0 Å². The average Bonchev–Trinajstić information content (AvgIpc) is 2.69. The van der Waals surface area contributed by atoms with Crippen LogP contribution in [0.3, 0.4) is 0 Å². The molecule has 158 valence electrons. The Hall–Kier alpha value is -1.58. The first kappa shape index (κ1) is 23.7. The number of guanidine groups is 1. The van der Waals surface area contributed by atoms with Crippen LogP contribution >= 0.6 is 35.6 Å². The van der Waals surface area contributed by atoms with E-state index in [1.807, 2.05) is 31.4 Å². The molecule has 2 heterocycles. The van der Waals surface area contributed by atoms with Crippen molar-refractivity contribution in [2.45, 2.75) is 13.1 Å². The van der Waals surface area contributed by atoms with Crippen molar-refractivity contribution in [1.29, 1.82) is 0 Å². The number of rotatable bonds is 5.